The third-order valence-corrected chi connectivity index (χ3v) is 8.61. The van der Waals surface area contributed by atoms with Gasteiger partial charge in [-0.15, -0.1) is 0 Å². The molecule has 2 aromatic heterocycles. The molecule has 0 aliphatic rings. The third-order valence-electron chi connectivity index (χ3n) is 8.61. The van der Waals surface area contributed by atoms with Crippen LogP contribution in [0, 0.1) is 40.6 Å². The number of fused-ring (bicyclic) bond motifs is 6. The Bertz CT molecular complexity index is 2610. The molecule has 0 atom stereocenters. The van der Waals surface area contributed by atoms with E-state index in [1.54, 1.807) is 24.3 Å². The summed E-state index contributed by atoms with van der Waals surface area (Å²) >= 11 is 0. The van der Waals surface area contributed by atoms with Gasteiger partial charge in [-0.1, -0.05) is 72.8 Å². The zero-order valence-electron chi connectivity index (χ0n) is 24.2. The molecule has 8 aromatic rings. The lowest BCUT2D eigenvalue weighted by molar-refractivity contribution is 1.15. The highest BCUT2D eigenvalue weighted by atomic mass is 15.0. The summed E-state index contributed by atoms with van der Waals surface area (Å²) in [5.74, 6) is 0. The lowest BCUT2D eigenvalue weighted by Crippen LogP contribution is -2.03. The summed E-state index contributed by atoms with van der Waals surface area (Å²) < 4.78 is 4.03. The molecular weight excluding hydrogens is 564 g/mol. The maximum Gasteiger partial charge on any atom is 0.212 e. The van der Waals surface area contributed by atoms with Gasteiger partial charge in [-0.2, -0.15) is 15.8 Å². The lowest BCUT2D eigenvalue weighted by atomic mass is 9.94. The number of para-hydroxylation sites is 4. The van der Waals surface area contributed by atoms with Gasteiger partial charge in [0.25, 0.3) is 0 Å². The van der Waals surface area contributed by atoms with E-state index in [9.17, 15) is 15.8 Å². The first-order valence-electron chi connectivity index (χ1n) is 14.6. The molecule has 8 rings (SSSR count). The number of nitriles is 3. The fraction of sp³-hybridized carbons (Fsp3) is 0. The molecular formula is C40H20N6. The molecule has 0 aliphatic carbocycles. The predicted molar refractivity (Wildman–Crippen MR) is 181 cm³/mol. The quantitative estimate of drug-likeness (QED) is 0.194. The fourth-order valence-corrected chi connectivity index (χ4v) is 6.75. The van der Waals surface area contributed by atoms with Crippen LogP contribution in [0.25, 0.3) is 71.0 Å². The molecule has 0 fully saturated rings. The zero-order chi connectivity index (χ0) is 31.4. The van der Waals surface area contributed by atoms with Gasteiger partial charge < -0.3 is 9.13 Å². The topological polar surface area (TPSA) is 85.6 Å². The lowest BCUT2D eigenvalue weighted by Gasteiger charge is -2.19. The molecule has 0 unspecified atom stereocenters. The van der Waals surface area contributed by atoms with Gasteiger partial charge >= 0.3 is 0 Å². The molecule has 2 heterocycles. The van der Waals surface area contributed by atoms with E-state index in [4.69, 9.17) is 6.57 Å². The van der Waals surface area contributed by atoms with Gasteiger partial charge in [0.15, 0.2) is 0 Å². The number of aromatic nitrogens is 2. The minimum atomic E-state index is 0.295. The van der Waals surface area contributed by atoms with E-state index in [1.807, 2.05) is 94.1 Å². The maximum atomic E-state index is 10.6. The molecule has 6 nitrogen and oxygen atoms in total. The Morgan fingerprint density at radius 1 is 0.500 bits per heavy atom. The van der Waals surface area contributed by atoms with Crippen molar-refractivity contribution >= 4 is 49.3 Å². The summed E-state index contributed by atoms with van der Waals surface area (Å²) in [5, 5.41) is 35.3. The Hall–Kier alpha value is -7.12. The van der Waals surface area contributed by atoms with E-state index >= 15 is 0 Å². The molecule has 0 saturated heterocycles. The van der Waals surface area contributed by atoms with E-state index in [0.717, 1.165) is 43.6 Å². The first-order chi connectivity index (χ1) is 22.7. The van der Waals surface area contributed by atoms with Crippen molar-refractivity contribution < 1.29 is 0 Å². The van der Waals surface area contributed by atoms with E-state index in [0.29, 0.717) is 44.9 Å². The van der Waals surface area contributed by atoms with E-state index in [-0.39, 0.29) is 0 Å². The molecule has 0 N–H and O–H groups in total. The smallest absolute Gasteiger partial charge is 0.212 e. The fourth-order valence-electron chi connectivity index (χ4n) is 6.75. The second kappa shape index (κ2) is 10.3. The second-order valence-corrected chi connectivity index (χ2v) is 11.0. The number of nitrogens with zero attached hydrogens (tertiary/aromatic N) is 6. The van der Waals surface area contributed by atoms with Crippen molar-refractivity contribution in [1.82, 2.24) is 9.13 Å². The molecule has 210 valence electrons. The van der Waals surface area contributed by atoms with E-state index in [2.05, 4.69) is 35.2 Å². The SMILES string of the molecule is [C-]#[N+]c1cc(C#N)cc(-c2cc(C#N)c(-n3c4ccccc4c4ccccc43)c(C#N)c2)c1-n1c2ccccc2c2ccccc21. The number of hydrogen-bond acceptors (Lipinski definition) is 3. The molecule has 0 saturated carbocycles. The highest BCUT2D eigenvalue weighted by molar-refractivity contribution is 6.11. The highest BCUT2D eigenvalue weighted by Gasteiger charge is 2.23. The molecule has 0 amide bonds. The van der Waals surface area contributed by atoms with Crippen molar-refractivity contribution in [2.24, 2.45) is 0 Å². The van der Waals surface area contributed by atoms with Gasteiger partial charge in [0.2, 0.25) is 5.69 Å². The molecule has 0 radical (unpaired) electrons. The zero-order valence-corrected chi connectivity index (χ0v) is 24.2. The predicted octanol–water partition coefficient (Wildman–Crippen LogP) is 9.71. The monoisotopic (exact) mass is 584 g/mol. The normalized spacial score (nSPS) is 11.0. The van der Waals surface area contributed by atoms with E-state index < -0.39 is 0 Å². The van der Waals surface area contributed by atoms with Crippen molar-refractivity contribution in [2.75, 3.05) is 0 Å². The second-order valence-electron chi connectivity index (χ2n) is 11.0. The average Bonchev–Trinajstić information content (AvgIpc) is 3.63. The Morgan fingerprint density at radius 3 is 1.30 bits per heavy atom. The Balaban J connectivity index is 1.49. The first kappa shape index (κ1) is 26.5. The van der Waals surface area contributed by atoms with Crippen LogP contribution in [0.3, 0.4) is 0 Å². The van der Waals surface area contributed by atoms with Crippen molar-refractivity contribution in [3.63, 3.8) is 0 Å². The minimum absolute atomic E-state index is 0.295. The van der Waals surface area contributed by atoms with Gasteiger partial charge in [-0.25, -0.2) is 4.85 Å². The summed E-state index contributed by atoms with van der Waals surface area (Å²) in [6.45, 7) is 8.17. The van der Waals surface area contributed by atoms with Crippen LogP contribution in [0.4, 0.5) is 5.69 Å². The van der Waals surface area contributed by atoms with Crippen LogP contribution in [0.2, 0.25) is 0 Å². The van der Waals surface area contributed by atoms with Crippen molar-refractivity contribution in [1.29, 1.82) is 15.8 Å². The van der Waals surface area contributed by atoms with Gasteiger partial charge in [0.1, 0.15) is 12.1 Å². The molecule has 0 bridgehead atoms. The molecule has 0 spiro atoms. The summed E-state index contributed by atoms with van der Waals surface area (Å²) in [5.41, 5.74) is 7.03. The summed E-state index contributed by atoms with van der Waals surface area (Å²) in [6, 6.07) is 45.7. The van der Waals surface area contributed by atoms with Gasteiger partial charge in [0, 0.05) is 27.1 Å². The van der Waals surface area contributed by atoms with Crippen molar-refractivity contribution in [3.05, 3.63) is 149 Å². The van der Waals surface area contributed by atoms with Gasteiger partial charge in [-0.05, 0) is 59.7 Å². The van der Waals surface area contributed by atoms with Crippen LogP contribution >= 0.6 is 0 Å². The highest BCUT2D eigenvalue weighted by Crippen LogP contribution is 2.43. The van der Waals surface area contributed by atoms with Gasteiger partial charge in [0.05, 0.1) is 57.2 Å². The van der Waals surface area contributed by atoms with Crippen LogP contribution in [-0.4, -0.2) is 9.13 Å². The summed E-state index contributed by atoms with van der Waals surface area (Å²) in [6.07, 6.45) is 0. The van der Waals surface area contributed by atoms with E-state index in [1.165, 1.54) is 0 Å². The van der Waals surface area contributed by atoms with Crippen molar-refractivity contribution in [3.8, 4) is 40.7 Å². The first-order valence-corrected chi connectivity index (χ1v) is 14.6. The van der Waals surface area contributed by atoms with Crippen LogP contribution in [0.1, 0.15) is 16.7 Å². The Labute approximate surface area is 263 Å². The molecule has 6 aromatic carbocycles. The Morgan fingerprint density at radius 2 is 0.913 bits per heavy atom. The number of benzene rings is 6. The number of hydrogen-bond donors (Lipinski definition) is 0. The summed E-state index contributed by atoms with van der Waals surface area (Å²) in [7, 11) is 0. The molecule has 6 heteroatoms. The van der Waals surface area contributed by atoms with Crippen molar-refractivity contribution in [2.45, 2.75) is 0 Å². The van der Waals surface area contributed by atoms with Gasteiger partial charge in [-0.3, -0.25) is 0 Å². The third kappa shape index (κ3) is 3.73. The maximum absolute atomic E-state index is 10.6. The Kier molecular flexibility index (Phi) is 5.91. The minimum Gasteiger partial charge on any atom is -0.318 e. The molecule has 46 heavy (non-hydrogen) atoms. The average molecular weight is 585 g/mol. The molecule has 0 aliphatic heterocycles. The van der Waals surface area contributed by atoms with Crippen LogP contribution < -0.4 is 0 Å². The standard InChI is InChI=1S/C40H20N6/c1-44-34-19-25(22-41)18-33(40(34)46-37-16-8-4-12-31(37)32-13-5-9-17-38(32)46)26-20-27(23-42)39(28(21-26)24-43)45-35-14-6-2-10-29(35)30-11-3-7-15-36(30)45/h2-21H. The largest absolute Gasteiger partial charge is 0.318 e. The van der Waals surface area contributed by atoms with Crippen LogP contribution in [0.15, 0.2) is 121 Å². The summed E-state index contributed by atoms with van der Waals surface area (Å²) in [4.78, 5) is 3.89. The van der Waals surface area contributed by atoms with Crippen LogP contribution in [0.5, 0.6) is 0 Å². The number of rotatable bonds is 3. The van der Waals surface area contributed by atoms with Crippen LogP contribution in [-0.2, 0) is 0 Å².